The summed E-state index contributed by atoms with van der Waals surface area (Å²) in [5.74, 6) is 0.136. The second-order valence-electron chi connectivity index (χ2n) is 5.19. The largest absolute Gasteiger partial charge is 0.495 e. The van der Waals surface area contributed by atoms with Gasteiger partial charge in [-0.25, -0.2) is 4.98 Å². The highest BCUT2D eigenvalue weighted by Gasteiger charge is 2.16. The maximum atomic E-state index is 12.3. The minimum atomic E-state index is -0.484. The number of ether oxygens (including phenoxy) is 1. The molecule has 2 aromatic carbocycles. The SMILES string of the molecule is COc1cc2sc(NC(=O)c3ccc([N+](=O)[O-])c(C)c3)nc2cc1Cl. The van der Waals surface area contributed by atoms with E-state index in [1.54, 1.807) is 19.1 Å². The standard InChI is InChI=1S/C16H12ClN3O4S/c1-8-5-9(3-4-12(8)20(22)23)15(21)19-16-18-11-6-10(17)13(24-2)7-14(11)25-16/h3-7H,1-2H3,(H,18,19,21). The number of methoxy groups -OCH3 is 1. The van der Waals surface area contributed by atoms with E-state index in [0.717, 1.165) is 4.70 Å². The van der Waals surface area contributed by atoms with Crippen molar-refractivity contribution in [3.05, 3.63) is 56.6 Å². The molecule has 0 aliphatic heterocycles. The Balaban J connectivity index is 1.87. The molecule has 0 radical (unpaired) electrons. The summed E-state index contributed by atoms with van der Waals surface area (Å²) in [6.07, 6.45) is 0. The zero-order valence-corrected chi connectivity index (χ0v) is 14.8. The quantitative estimate of drug-likeness (QED) is 0.536. The number of nitro groups is 1. The number of carbonyl (C=O) groups excluding carboxylic acids is 1. The Morgan fingerprint density at radius 1 is 1.36 bits per heavy atom. The average molecular weight is 378 g/mol. The molecule has 1 aromatic heterocycles. The van der Waals surface area contributed by atoms with Crippen LogP contribution in [0.25, 0.3) is 10.2 Å². The zero-order chi connectivity index (χ0) is 18.1. The number of aromatic nitrogens is 1. The van der Waals surface area contributed by atoms with E-state index in [1.807, 2.05) is 0 Å². The molecule has 1 N–H and O–H groups in total. The van der Waals surface area contributed by atoms with Gasteiger partial charge >= 0.3 is 0 Å². The third-order valence-electron chi connectivity index (χ3n) is 3.54. The number of benzene rings is 2. The van der Waals surface area contributed by atoms with Gasteiger partial charge in [-0.05, 0) is 25.1 Å². The number of thiazole rings is 1. The molecule has 0 saturated carbocycles. The van der Waals surface area contributed by atoms with Crippen LogP contribution in [0, 0.1) is 17.0 Å². The van der Waals surface area contributed by atoms with Crippen LogP contribution >= 0.6 is 22.9 Å². The van der Waals surface area contributed by atoms with Gasteiger partial charge in [-0.15, -0.1) is 0 Å². The van der Waals surface area contributed by atoms with Gasteiger partial charge < -0.3 is 4.74 Å². The van der Waals surface area contributed by atoms with Crippen LogP contribution in [0.5, 0.6) is 5.75 Å². The fraction of sp³-hybridized carbons (Fsp3) is 0.125. The minimum absolute atomic E-state index is 0.0294. The van der Waals surface area contributed by atoms with E-state index in [1.165, 1.54) is 36.6 Å². The molecular weight excluding hydrogens is 366 g/mol. The topological polar surface area (TPSA) is 94.4 Å². The fourth-order valence-electron chi connectivity index (χ4n) is 2.31. The molecule has 9 heteroatoms. The molecule has 0 unspecified atom stereocenters. The fourth-order valence-corrected chi connectivity index (χ4v) is 3.42. The summed E-state index contributed by atoms with van der Waals surface area (Å²) >= 11 is 7.35. The predicted molar refractivity (Wildman–Crippen MR) is 97.0 cm³/mol. The number of rotatable bonds is 4. The number of nitrogens with zero attached hydrogens (tertiary/aromatic N) is 2. The van der Waals surface area contributed by atoms with Crippen molar-refractivity contribution < 1.29 is 14.5 Å². The van der Waals surface area contributed by atoms with Crippen LogP contribution < -0.4 is 10.1 Å². The molecule has 0 spiro atoms. The molecule has 0 saturated heterocycles. The van der Waals surface area contributed by atoms with Gasteiger partial charge in [0.05, 0.1) is 27.3 Å². The number of amides is 1. The molecule has 25 heavy (non-hydrogen) atoms. The van der Waals surface area contributed by atoms with Crippen molar-refractivity contribution in [2.75, 3.05) is 12.4 Å². The van der Waals surface area contributed by atoms with Crippen molar-refractivity contribution in [2.45, 2.75) is 6.92 Å². The molecule has 3 aromatic rings. The molecule has 0 fully saturated rings. The third kappa shape index (κ3) is 3.40. The number of nitro benzene ring substituents is 1. The van der Waals surface area contributed by atoms with Crippen molar-refractivity contribution in [2.24, 2.45) is 0 Å². The normalized spacial score (nSPS) is 10.7. The van der Waals surface area contributed by atoms with Gasteiger partial charge in [0.25, 0.3) is 11.6 Å². The molecule has 0 atom stereocenters. The van der Waals surface area contributed by atoms with Gasteiger partial charge in [0.1, 0.15) is 5.75 Å². The van der Waals surface area contributed by atoms with E-state index < -0.39 is 10.8 Å². The van der Waals surface area contributed by atoms with E-state index >= 15 is 0 Å². The van der Waals surface area contributed by atoms with Crippen LogP contribution in [0.3, 0.4) is 0 Å². The molecule has 0 aliphatic carbocycles. The van der Waals surface area contributed by atoms with Gasteiger partial charge in [-0.3, -0.25) is 20.2 Å². The summed E-state index contributed by atoms with van der Waals surface area (Å²) in [5, 5.41) is 14.4. The Kier molecular flexibility index (Phi) is 4.56. The van der Waals surface area contributed by atoms with E-state index in [2.05, 4.69) is 10.3 Å². The third-order valence-corrected chi connectivity index (χ3v) is 4.77. The Morgan fingerprint density at radius 2 is 2.12 bits per heavy atom. The number of nitrogens with one attached hydrogen (secondary N) is 1. The molecular formula is C16H12ClN3O4S. The van der Waals surface area contributed by atoms with E-state index in [-0.39, 0.29) is 5.69 Å². The Morgan fingerprint density at radius 3 is 2.76 bits per heavy atom. The Labute approximate surface area is 151 Å². The van der Waals surface area contributed by atoms with Gasteiger partial charge in [0.15, 0.2) is 5.13 Å². The summed E-state index contributed by atoms with van der Waals surface area (Å²) in [6.45, 7) is 1.58. The first-order valence-electron chi connectivity index (χ1n) is 7.09. The van der Waals surface area contributed by atoms with Crippen LogP contribution in [0.4, 0.5) is 10.8 Å². The molecule has 7 nitrogen and oxygen atoms in total. The van der Waals surface area contributed by atoms with Crippen molar-refractivity contribution in [3.8, 4) is 5.75 Å². The first-order chi connectivity index (χ1) is 11.9. The Hall–Kier alpha value is -2.71. The maximum Gasteiger partial charge on any atom is 0.272 e. The average Bonchev–Trinajstić information content (AvgIpc) is 2.94. The molecule has 3 rings (SSSR count). The smallest absolute Gasteiger partial charge is 0.272 e. The van der Waals surface area contributed by atoms with Crippen molar-refractivity contribution >= 4 is 49.9 Å². The lowest BCUT2D eigenvalue weighted by atomic mass is 10.1. The highest BCUT2D eigenvalue weighted by molar-refractivity contribution is 7.22. The molecule has 0 aliphatic rings. The first kappa shape index (κ1) is 17.1. The first-order valence-corrected chi connectivity index (χ1v) is 8.29. The Bertz CT molecular complexity index is 1000. The number of fused-ring (bicyclic) bond motifs is 1. The van der Waals surface area contributed by atoms with E-state index in [0.29, 0.717) is 32.5 Å². The van der Waals surface area contributed by atoms with E-state index in [9.17, 15) is 14.9 Å². The lowest BCUT2D eigenvalue weighted by Gasteiger charge is -2.03. The van der Waals surface area contributed by atoms with Gasteiger partial charge in [0.2, 0.25) is 0 Å². The van der Waals surface area contributed by atoms with Crippen LogP contribution in [0.15, 0.2) is 30.3 Å². The number of hydrogen-bond acceptors (Lipinski definition) is 6. The van der Waals surface area contributed by atoms with E-state index in [4.69, 9.17) is 16.3 Å². The summed E-state index contributed by atoms with van der Waals surface area (Å²) in [7, 11) is 1.52. The number of hydrogen-bond donors (Lipinski definition) is 1. The van der Waals surface area contributed by atoms with Crippen LogP contribution in [0.1, 0.15) is 15.9 Å². The van der Waals surface area contributed by atoms with Crippen molar-refractivity contribution in [1.82, 2.24) is 4.98 Å². The summed E-state index contributed by atoms with van der Waals surface area (Å²) in [6, 6.07) is 7.61. The lowest BCUT2D eigenvalue weighted by Crippen LogP contribution is -2.12. The number of carbonyl (C=O) groups is 1. The van der Waals surface area contributed by atoms with Crippen LogP contribution in [-0.4, -0.2) is 22.9 Å². The van der Waals surface area contributed by atoms with Crippen LogP contribution in [-0.2, 0) is 0 Å². The second-order valence-corrected chi connectivity index (χ2v) is 6.62. The summed E-state index contributed by atoms with van der Waals surface area (Å²) in [4.78, 5) is 27.0. The van der Waals surface area contributed by atoms with Gasteiger partial charge in [0, 0.05) is 23.3 Å². The van der Waals surface area contributed by atoms with Crippen molar-refractivity contribution in [1.29, 1.82) is 0 Å². The minimum Gasteiger partial charge on any atom is -0.495 e. The number of aryl methyl sites for hydroxylation is 1. The lowest BCUT2D eigenvalue weighted by molar-refractivity contribution is -0.385. The highest BCUT2D eigenvalue weighted by atomic mass is 35.5. The van der Waals surface area contributed by atoms with Gasteiger partial charge in [-0.2, -0.15) is 0 Å². The summed E-state index contributed by atoms with van der Waals surface area (Å²) in [5.41, 5.74) is 1.35. The summed E-state index contributed by atoms with van der Waals surface area (Å²) < 4.78 is 5.98. The molecule has 1 amide bonds. The molecule has 128 valence electrons. The highest BCUT2D eigenvalue weighted by Crippen LogP contribution is 2.34. The molecule has 1 heterocycles. The predicted octanol–water partition coefficient (Wildman–Crippen LogP) is 4.43. The zero-order valence-electron chi connectivity index (χ0n) is 13.2. The number of anilines is 1. The van der Waals surface area contributed by atoms with Gasteiger partial charge in [-0.1, -0.05) is 22.9 Å². The van der Waals surface area contributed by atoms with Crippen molar-refractivity contribution in [3.63, 3.8) is 0 Å². The van der Waals surface area contributed by atoms with Crippen LogP contribution in [0.2, 0.25) is 5.02 Å². The second kappa shape index (κ2) is 6.66. The number of halogens is 1. The monoisotopic (exact) mass is 377 g/mol. The maximum absolute atomic E-state index is 12.3. The molecule has 0 bridgehead atoms.